The predicted octanol–water partition coefficient (Wildman–Crippen LogP) is 13.7. The van der Waals surface area contributed by atoms with Crippen molar-refractivity contribution in [2.45, 2.75) is 180 Å². The molecule has 0 fully saturated rings. The minimum Gasteiger partial charge on any atom is -0.481 e. The second-order valence-corrected chi connectivity index (χ2v) is 12.7. The summed E-state index contributed by atoms with van der Waals surface area (Å²) in [6.45, 7) is 4.39. The molecule has 0 aliphatic heterocycles. The molecule has 0 heterocycles. The lowest BCUT2D eigenvalue weighted by molar-refractivity contribution is -0.147. The molecule has 0 amide bonds. The lowest BCUT2D eigenvalue weighted by Crippen LogP contribution is -2.16. The number of allylic oxidation sites excluding steroid dienone is 13. The molecule has 0 rings (SSSR count). The number of carbonyl (C=O) groups is 2. The van der Waals surface area contributed by atoms with Crippen molar-refractivity contribution in [2.24, 2.45) is 0 Å². The Balaban J connectivity index is 4.05. The molecule has 48 heavy (non-hydrogen) atoms. The van der Waals surface area contributed by atoms with Crippen molar-refractivity contribution < 1.29 is 19.4 Å². The van der Waals surface area contributed by atoms with Gasteiger partial charge in [-0.05, 0) is 96.0 Å². The highest BCUT2D eigenvalue weighted by atomic mass is 16.5. The monoisotopic (exact) mass is 665 g/mol. The molecule has 0 radical (unpaired) electrons. The summed E-state index contributed by atoms with van der Waals surface area (Å²) in [6.07, 6.45) is 56.1. The molecule has 0 aromatic rings. The second-order valence-electron chi connectivity index (χ2n) is 12.7. The number of unbranched alkanes of at least 4 members (excludes halogenated alkanes) is 13. The van der Waals surface area contributed by atoms with Crippen LogP contribution in [-0.2, 0) is 14.3 Å². The topological polar surface area (TPSA) is 63.6 Å². The van der Waals surface area contributed by atoms with E-state index in [2.05, 4.69) is 86.8 Å². The Kier molecular flexibility index (Phi) is 36.3. The molecule has 1 atom stereocenters. The Bertz CT molecular complexity index is 934. The van der Waals surface area contributed by atoms with Gasteiger partial charge in [-0.25, -0.2) is 0 Å². The van der Waals surface area contributed by atoms with Gasteiger partial charge in [0.2, 0.25) is 0 Å². The fourth-order valence-electron chi connectivity index (χ4n) is 5.22. The van der Waals surface area contributed by atoms with Crippen molar-refractivity contribution in [3.63, 3.8) is 0 Å². The zero-order chi connectivity index (χ0) is 35.0. The Morgan fingerprint density at radius 3 is 1.46 bits per heavy atom. The minimum absolute atomic E-state index is 0.143. The Morgan fingerprint density at radius 2 is 0.938 bits per heavy atom. The van der Waals surface area contributed by atoms with E-state index in [1.54, 1.807) is 0 Å². The molecule has 0 aliphatic carbocycles. The van der Waals surface area contributed by atoms with E-state index in [4.69, 9.17) is 9.84 Å². The number of ether oxygens (including phenoxy) is 1. The van der Waals surface area contributed by atoms with E-state index in [1.165, 1.54) is 77.0 Å². The molecule has 0 saturated heterocycles. The van der Waals surface area contributed by atoms with Crippen LogP contribution in [0.2, 0.25) is 0 Å². The van der Waals surface area contributed by atoms with Crippen LogP contribution in [0, 0.1) is 0 Å². The number of carboxylic acids is 1. The fourth-order valence-corrected chi connectivity index (χ4v) is 5.22. The Labute approximate surface area is 296 Å². The van der Waals surface area contributed by atoms with Gasteiger partial charge in [0.25, 0.3) is 0 Å². The van der Waals surface area contributed by atoms with Gasteiger partial charge in [-0.2, -0.15) is 0 Å². The van der Waals surface area contributed by atoms with E-state index in [9.17, 15) is 9.59 Å². The van der Waals surface area contributed by atoms with Gasteiger partial charge in [-0.1, -0.05) is 151 Å². The first-order valence-electron chi connectivity index (χ1n) is 19.6. The first-order chi connectivity index (χ1) is 23.6. The third kappa shape index (κ3) is 37.6. The lowest BCUT2D eigenvalue weighted by atomic mass is 10.1. The van der Waals surface area contributed by atoms with Crippen LogP contribution in [0.3, 0.4) is 0 Å². The summed E-state index contributed by atoms with van der Waals surface area (Å²) in [5, 5.41) is 8.93. The molecule has 0 aliphatic rings. The summed E-state index contributed by atoms with van der Waals surface area (Å²) in [6, 6.07) is 0. The Morgan fingerprint density at radius 1 is 0.500 bits per heavy atom. The first-order valence-corrected chi connectivity index (χ1v) is 19.6. The van der Waals surface area contributed by atoms with Crippen LogP contribution in [-0.4, -0.2) is 23.1 Å². The van der Waals surface area contributed by atoms with Crippen molar-refractivity contribution in [1.82, 2.24) is 0 Å². The van der Waals surface area contributed by atoms with Gasteiger partial charge < -0.3 is 9.84 Å². The smallest absolute Gasteiger partial charge is 0.306 e. The number of hydrogen-bond donors (Lipinski definition) is 1. The van der Waals surface area contributed by atoms with Crippen LogP contribution in [0.25, 0.3) is 0 Å². The fraction of sp³-hybridized carbons (Fsp3) is 0.636. The highest BCUT2D eigenvalue weighted by molar-refractivity contribution is 5.69. The van der Waals surface area contributed by atoms with Crippen LogP contribution in [0.4, 0.5) is 0 Å². The average Bonchev–Trinajstić information content (AvgIpc) is 3.07. The molecule has 4 heteroatoms. The van der Waals surface area contributed by atoms with Crippen LogP contribution < -0.4 is 0 Å². The molecular weight excluding hydrogens is 592 g/mol. The number of carboxylic acid groups (broad SMARTS) is 1. The number of hydrogen-bond acceptors (Lipinski definition) is 3. The molecular formula is C44H72O4. The summed E-state index contributed by atoms with van der Waals surface area (Å²) < 4.78 is 5.78. The molecule has 0 aromatic heterocycles. The van der Waals surface area contributed by atoms with E-state index < -0.39 is 5.97 Å². The van der Waals surface area contributed by atoms with Crippen LogP contribution in [0.1, 0.15) is 174 Å². The Hall–Kier alpha value is -2.88. The van der Waals surface area contributed by atoms with Crippen LogP contribution in [0.5, 0.6) is 0 Å². The van der Waals surface area contributed by atoms with E-state index in [1.807, 2.05) is 12.2 Å². The van der Waals surface area contributed by atoms with E-state index in [-0.39, 0.29) is 18.5 Å². The zero-order valence-electron chi connectivity index (χ0n) is 31.0. The van der Waals surface area contributed by atoms with Gasteiger partial charge in [-0.3, -0.25) is 9.59 Å². The third-order valence-electron chi connectivity index (χ3n) is 8.09. The zero-order valence-corrected chi connectivity index (χ0v) is 31.0. The highest BCUT2D eigenvalue weighted by Gasteiger charge is 2.12. The summed E-state index contributed by atoms with van der Waals surface area (Å²) in [5.41, 5.74) is 0. The molecule has 272 valence electrons. The minimum atomic E-state index is -0.779. The van der Waals surface area contributed by atoms with E-state index in [0.717, 1.165) is 57.8 Å². The van der Waals surface area contributed by atoms with E-state index >= 15 is 0 Å². The summed E-state index contributed by atoms with van der Waals surface area (Å²) in [7, 11) is 0. The van der Waals surface area contributed by atoms with Gasteiger partial charge in [0.05, 0.1) is 0 Å². The summed E-state index contributed by atoms with van der Waals surface area (Å²) >= 11 is 0. The molecule has 1 unspecified atom stereocenters. The maximum atomic E-state index is 12.5. The van der Waals surface area contributed by atoms with Crippen molar-refractivity contribution in [3.05, 3.63) is 85.1 Å². The van der Waals surface area contributed by atoms with Gasteiger partial charge in [-0.15, -0.1) is 0 Å². The summed E-state index contributed by atoms with van der Waals surface area (Å²) in [4.78, 5) is 23.4. The third-order valence-corrected chi connectivity index (χ3v) is 8.09. The van der Waals surface area contributed by atoms with Crippen LogP contribution in [0.15, 0.2) is 85.1 Å². The largest absolute Gasteiger partial charge is 0.481 e. The number of aliphatic carboxylic acids is 1. The van der Waals surface area contributed by atoms with E-state index in [0.29, 0.717) is 19.3 Å². The molecule has 0 bridgehead atoms. The standard InChI is InChI=1S/C44H72O4/c1-3-5-7-9-11-13-15-17-19-20-21-22-23-25-27-29-31-33-35-41-44(47)48-42(39-36-37-40-43(45)46)38-34-32-30-28-26-24-18-16-14-12-10-8-6-4-2/h6,8,11-14,17-19,24,28,30,34,38,42H,3-5,7,9-10,15-16,20-23,25-27,29,31-33,35-37,39-41H2,1-2H3,(H,45,46)/b8-6-,13-11-,14-12-,19-17-,24-18-,30-28-,38-34-. The average molecular weight is 665 g/mol. The molecule has 4 nitrogen and oxygen atoms in total. The van der Waals surface area contributed by atoms with Crippen molar-refractivity contribution in [2.75, 3.05) is 0 Å². The van der Waals surface area contributed by atoms with Gasteiger partial charge in [0, 0.05) is 12.8 Å². The highest BCUT2D eigenvalue weighted by Crippen LogP contribution is 2.14. The molecule has 0 spiro atoms. The summed E-state index contributed by atoms with van der Waals surface area (Å²) in [5.74, 6) is -0.922. The number of carbonyl (C=O) groups excluding carboxylic acids is 1. The molecule has 0 aromatic carbocycles. The molecule has 1 N–H and O–H groups in total. The number of rotatable bonds is 34. The normalized spacial score (nSPS) is 13.2. The van der Waals surface area contributed by atoms with Crippen molar-refractivity contribution >= 4 is 11.9 Å². The van der Waals surface area contributed by atoms with Crippen molar-refractivity contribution in [1.29, 1.82) is 0 Å². The van der Waals surface area contributed by atoms with Crippen molar-refractivity contribution in [3.8, 4) is 0 Å². The van der Waals surface area contributed by atoms with Gasteiger partial charge in [0.15, 0.2) is 0 Å². The predicted molar refractivity (Wildman–Crippen MR) is 208 cm³/mol. The molecule has 0 saturated carbocycles. The quantitative estimate of drug-likeness (QED) is 0.0422. The first kappa shape index (κ1) is 45.1. The van der Waals surface area contributed by atoms with Crippen LogP contribution >= 0.6 is 0 Å². The second kappa shape index (κ2) is 38.6. The SMILES string of the molecule is CC/C=C\C/C=C\C/C=C\C/C=C\C/C=C\C(CCCCC(=O)O)OC(=O)CCCCCCCCCCC/C=C\C/C=C\CCCCC. The number of esters is 1. The van der Waals surface area contributed by atoms with Gasteiger partial charge >= 0.3 is 11.9 Å². The maximum absolute atomic E-state index is 12.5. The van der Waals surface area contributed by atoms with Gasteiger partial charge in [0.1, 0.15) is 6.10 Å². The maximum Gasteiger partial charge on any atom is 0.306 e. The lowest BCUT2D eigenvalue weighted by Gasteiger charge is -2.14.